The zero-order valence-electron chi connectivity index (χ0n) is 11.3. The molecule has 1 aromatic carbocycles. The molecule has 0 fully saturated rings. The minimum atomic E-state index is -0.0528. The van der Waals surface area contributed by atoms with Crippen molar-refractivity contribution in [1.29, 1.82) is 0 Å². The first-order valence-corrected chi connectivity index (χ1v) is 6.10. The van der Waals surface area contributed by atoms with Crippen molar-refractivity contribution >= 4 is 0 Å². The lowest BCUT2D eigenvalue weighted by Gasteiger charge is -2.32. The maximum absolute atomic E-state index is 5.87. The summed E-state index contributed by atoms with van der Waals surface area (Å²) < 4.78 is 5.15. The van der Waals surface area contributed by atoms with Crippen molar-refractivity contribution in [3.8, 4) is 5.75 Å². The van der Waals surface area contributed by atoms with E-state index in [9.17, 15) is 0 Å². The van der Waals surface area contributed by atoms with Gasteiger partial charge in [-0.25, -0.2) is 0 Å². The van der Waals surface area contributed by atoms with Gasteiger partial charge in [-0.05, 0) is 31.0 Å². The van der Waals surface area contributed by atoms with Gasteiger partial charge in [0.05, 0.1) is 7.11 Å². The molecule has 3 N–H and O–H groups in total. The van der Waals surface area contributed by atoms with E-state index in [1.165, 1.54) is 5.56 Å². The molecule has 0 saturated carbocycles. The molecule has 0 aliphatic rings. The van der Waals surface area contributed by atoms with Gasteiger partial charge in [0.15, 0.2) is 0 Å². The molecule has 1 rings (SSSR count). The number of hydrogen-bond donors (Lipinski definition) is 2. The number of methoxy groups -OCH3 is 1. The fourth-order valence-corrected chi connectivity index (χ4v) is 2.07. The Hall–Kier alpha value is -1.06. The summed E-state index contributed by atoms with van der Waals surface area (Å²) in [6.07, 6.45) is 0.922. The maximum atomic E-state index is 5.87. The van der Waals surface area contributed by atoms with Gasteiger partial charge in [-0.3, -0.25) is 0 Å². The fraction of sp³-hybridized carbons (Fsp3) is 0.571. The first-order chi connectivity index (χ1) is 7.99. The van der Waals surface area contributed by atoms with Crippen molar-refractivity contribution in [3.05, 3.63) is 29.8 Å². The second kappa shape index (κ2) is 6.03. The van der Waals surface area contributed by atoms with Crippen LogP contribution in [0.3, 0.4) is 0 Å². The molecule has 17 heavy (non-hydrogen) atoms. The summed E-state index contributed by atoms with van der Waals surface area (Å²) >= 11 is 0. The van der Waals surface area contributed by atoms with E-state index in [0.29, 0.717) is 12.6 Å². The van der Waals surface area contributed by atoms with Gasteiger partial charge in [0, 0.05) is 18.1 Å². The predicted octanol–water partition coefficient (Wildman–Crippen LogP) is 1.95. The second-order valence-electron chi connectivity index (χ2n) is 5.09. The lowest BCUT2D eigenvalue weighted by atomic mass is 9.92. The molecule has 0 saturated heterocycles. The van der Waals surface area contributed by atoms with E-state index < -0.39 is 0 Å². The van der Waals surface area contributed by atoms with E-state index in [0.717, 1.165) is 12.2 Å². The quantitative estimate of drug-likeness (QED) is 0.793. The maximum Gasteiger partial charge on any atom is 0.118 e. The van der Waals surface area contributed by atoms with Crippen molar-refractivity contribution in [2.75, 3.05) is 13.7 Å². The van der Waals surface area contributed by atoms with Crippen LogP contribution in [-0.2, 0) is 6.42 Å². The molecule has 0 bridgehead atoms. The Balaban J connectivity index is 2.72. The highest BCUT2D eigenvalue weighted by molar-refractivity contribution is 5.28. The molecule has 0 aromatic heterocycles. The standard InChI is InChI=1S/C14H24N2O/c1-11(2)16-14(3,10-15)9-12-5-7-13(17-4)8-6-12/h5-8,11,16H,9-10,15H2,1-4H3. The van der Waals surface area contributed by atoms with Gasteiger partial charge < -0.3 is 15.8 Å². The molecular formula is C14H24N2O. The summed E-state index contributed by atoms with van der Waals surface area (Å²) in [5.74, 6) is 0.889. The number of ether oxygens (including phenoxy) is 1. The van der Waals surface area contributed by atoms with Gasteiger partial charge in [0.1, 0.15) is 5.75 Å². The van der Waals surface area contributed by atoms with E-state index in [-0.39, 0.29) is 5.54 Å². The van der Waals surface area contributed by atoms with Crippen LogP contribution < -0.4 is 15.8 Å². The summed E-state index contributed by atoms with van der Waals surface area (Å²) in [7, 11) is 1.68. The molecule has 0 aliphatic carbocycles. The SMILES string of the molecule is COc1ccc(CC(C)(CN)NC(C)C)cc1. The minimum Gasteiger partial charge on any atom is -0.497 e. The van der Waals surface area contributed by atoms with Crippen LogP contribution in [0.4, 0.5) is 0 Å². The van der Waals surface area contributed by atoms with Crippen LogP contribution in [0.25, 0.3) is 0 Å². The number of rotatable bonds is 6. The summed E-state index contributed by atoms with van der Waals surface area (Å²) in [5, 5.41) is 3.53. The third-order valence-electron chi connectivity index (χ3n) is 2.84. The average molecular weight is 236 g/mol. The third kappa shape index (κ3) is 4.36. The van der Waals surface area contributed by atoms with Crippen LogP contribution in [0.2, 0.25) is 0 Å². The van der Waals surface area contributed by atoms with Gasteiger partial charge in [-0.15, -0.1) is 0 Å². The highest BCUT2D eigenvalue weighted by Crippen LogP contribution is 2.17. The molecule has 0 spiro atoms. The number of hydrogen-bond acceptors (Lipinski definition) is 3. The van der Waals surface area contributed by atoms with Crippen LogP contribution >= 0.6 is 0 Å². The van der Waals surface area contributed by atoms with E-state index in [2.05, 4.69) is 38.2 Å². The van der Waals surface area contributed by atoms with Gasteiger partial charge in [0.25, 0.3) is 0 Å². The van der Waals surface area contributed by atoms with Gasteiger partial charge in [0.2, 0.25) is 0 Å². The Kier molecular flexibility index (Phi) is 4.97. The summed E-state index contributed by atoms with van der Waals surface area (Å²) in [6.45, 7) is 7.07. The van der Waals surface area contributed by atoms with Crippen LogP contribution in [-0.4, -0.2) is 25.2 Å². The summed E-state index contributed by atoms with van der Waals surface area (Å²) in [5.41, 5.74) is 7.09. The molecule has 1 atom stereocenters. The van der Waals surface area contributed by atoms with E-state index in [1.807, 2.05) is 12.1 Å². The Bertz CT molecular complexity index is 335. The highest BCUT2D eigenvalue weighted by Gasteiger charge is 2.23. The topological polar surface area (TPSA) is 47.3 Å². The van der Waals surface area contributed by atoms with Crippen molar-refractivity contribution in [1.82, 2.24) is 5.32 Å². The Morgan fingerprint density at radius 3 is 2.29 bits per heavy atom. The van der Waals surface area contributed by atoms with Crippen molar-refractivity contribution in [2.45, 2.75) is 38.8 Å². The zero-order valence-corrected chi connectivity index (χ0v) is 11.3. The van der Waals surface area contributed by atoms with Gasteiger partial charge in [-0.1, -0.05) is 26.0 Å². The Labute approximate surface area is 104 Å². The molecule has 1 aromatic rings. The van der Waals surface area contributed by atoms with E-state index in [4.69, 9.17) is 10.5 Å². The first-order valence-electron chi connectivity index (χ1n) is 6.10. The van der Waals surface area contributed by atoms with Crippen molar-refractivity contribution in [2.24, 2.45) is 5.73 Å². The second-order valence-corrected chi connectivity index (χ2v) is 5.09. The molecule has 0 heterocycles. The van der Waals surface area contributed by atoms with E-state index >= 15 is 0 Å². The smallest absolute Gasteiger partial charge is 0.118 e. The molecule has 0 aliphatic heterocycles. The number of benzene rings is 1. The third-order valence-corrected chi connectivity index (χ3v) is 2.84. The Morgan fingerprint density at radius 1 is 1.29 bits per heavy atom. The predicted molar refractivity (Wildman–Crippen MR) is 72.4 cm³/mol. The van der Waals surface area contributed by atoms with Crippen molar-refractivity contribution < 1.29 is 4.74 Å². The van der Waals surface area contributed by atoms with Crippen molar-refractivity contribution in [3.63, 3.8) is 0 Å². The molecule has 1 unspecified atom stereocenters. The highest BCUT2D eigenvalue weighted by atomic mass is 16.5. The largest absolute Gasteiger partial charge is 0.497 e. The summed E-state index contributed by atoms with van der Waals surface area (Å²) in [4.78, 5) is 0. The first kappa shape index (κ1) is 14.0. The van der Waals surface area contributed by atoms with Crippen LogP contribution in [0.5, 0.6) is 5.75 Å². The average Bonchev–Trinajstić information content (AvgIpc) is 2.29. The van der Waals surface area contributed by atoms with Gasteiger partial charge >= 0.3 is 0 Å². The number of nitrogens with two attached hydrogens (primary N) is 1. The number of nitrogens with one attached hydrogen (secondary N) is 1. The van der Waals surface area contributed by atoms with E-state index in [1.54, 1.807) is 7.11 Å². The normalized spacial score (nSPS) is 14.7. The molecule has 3 heteroatoms. The molecule has 3 nitrogen and oxygen atoms in total. The van der Waals surface area contributed by atoms with Crippen LogP contribution in [0, 0.1) is 0 Å². The van der Waals surface area contributed by atoms with Gasteiger partial charge in [-0.2, -0.15) is 0 Å². The summed E-state index contributed by atoms with van der Waals surface area (Å²) in [6, 6.07) is 8.59. The monoisotopic (exact) mass is 236 g/mol. The molecule has 96 valence electrons. The Morgan fingerprint density at radius 2 is 1.88 bits per heavy atom. The molecular weight excluding hydrogens is 212 g/mol. The zero-order chi connectivity index (χ0) is 12.9. The van der Waals surface area contributed by atoms with Crippen LogP contribution in [0.1, 0.15) is 26.3 Å². The molecule has 0 amide bonds. The lowest BCUT2D eigenvalue weighted by Crippen LogP contribution is -2.53. The minimum absolute atomic E-state index is 0.0528. The van der Waals surface area contributed by atoms with Crippen LogP contribution in [0.15, 0.2) is 24.3 Å². The lowest BCUT2D eigenvalue weighted by molar-refractivity contribution is 0.331. The molecule has 0 radical (unpaired) electrons. The fourth-order valence-electron chi connectivity index (χ4n) is 2.07.